The predicted molar refractivity (Wildman–Crippen MR) is 131 cm³/mol. The monoisotopic (exact) mass is 451 g/mol. The molecule has 0 saturated heterocycles. The molecule has 3 unspecified atom stereocenters. The predicted octanol–water partition coefficient (Wildman–Crippen LogP) is 6.08. The quantitative estimate of drug-likeness (QED) is 0.285. The molecule has 3 atom stereocenters. The third kappa shape index (κ3) is 7.38. The van der Waals surface area contributed by atoms with Crippen molar-refractivity contribution < 1.29 is 14.3 Å². The van der Waals surface area contributed by atoms with E-state index in [9.17, 15) is 4.79 Å². The maximum Gasteiger partial charge on any atom is 0.135 e. The van der Waals surface area contributed by atoms with Crippen LogP contribution in [0, 0.1) is 5.41 Å². The van der Waals surface area contributed by atoms with Crippen LogP contribution in [0.2, 0.25) is 0 Å². The Hall–Kier alpha value is -1.27. The van der Waals surface area contributed by atoms with Gasteiger partial charge < -0.3 is 9.47 Å². The summed E-state index contributed by atoms with van der Waals surface area (Å²) in [6.07, 6.45) is 8.44. The van der Waals surface area contributed by atoms with Crippen molar-refractivity contribution >= 4 is 5.78 Å². The van der Waals surface area contributed by atoms with Gasteiger partial charge in [-0.3, -0.25) is 4.79 Å². The van der Waals surface area contributed by atoms with Crippen molar-refractivity contribution in [2.45, 2.75) is 124 Å². The van der Waals surface area contributed by atoms with Gasteiger partial charge in [0.1, 0.15) is 5.78 Å². The normalized spacial score (nSPS) is 18.1. The molecular formula is C26H49N3O3. The fourth-order valence-electron chi connectivity index (χ4n) is 4.31. The minimum atomic E-state index is -0.345. The maximum absolute atomic E-state index is 12.3. The van der Waals surface area contributed by atoms with Crippen molar-refractivity contribution in [2.75, 3.05) is 20.3 Å². The summed E-state index contributed by atoms with van der Waals surface area (Å²) in [7, 11) is 1.74. The lowest BCUT2D eigenvalue weighted by molar-refractivity contribution is -0.127. The molecule has 1 aromatic rings. The molecule has 1 heterocycles. The van der Waals surface area contributed by atoms with Crippen LogP contribution in [0.3, 0.4) is 0 Å². The highest BCUT2D eigenvalue weighted by atomic mass is 16.5. The van der Waals surface area contributed by atoms with Gasteiger partial charge in [0, 0.05) is 37.4 Å². The molecule has 6 nitrogen and oxygen atoms in total. The van der Waals surface area contributed by atoms with Crippen molar-refractivity contribution in [1.82, 2.24) is 15.0 Å². The summed E-state index contributed by atoms with van der Waals surface area (Å²) in [5.41, 5.74) is 0.0683. The van der Waals surface area contributed by atoms with Gasteiger partial charge in [-0.25, -0.2) is 4.68 Å². The van der Waals surface area contributed by atoms with Gasteiger partial charge >= 0.3 is 0 Å². The first kappa shape index (κ1) is 28.8. The average molecular weight is 452 g/mol. The van der Waals surface area contributed by atoms with E-state index in [0.717, 1.165) is 57.2 Å². The number of methoxy groups -OCH3 is 1. The van der Waals surface area contributed by atoms with E-state index >= 15 is 0 Å². The Morgan fingerprint density at radius 2 is 1.66 bits per heavy atom. The number of ketones is 1. The molecule has 0 radical (unpaired) electrons. The average Bonchev–Trinajstić information content (AvgIpc) is 3.25. The number of aromatic nitrogens is 3. The van der Waals surface area contributed by atoms with Gasteiger partial charge in [-0.05, 0) is 65.7 Å². The molecule has 0 saturated carbocycles. The second-order valence-corrected chi connectivity index (χ2v) is 10.9. The number of hydrogen-bond acceptors (Lipinski definition) is 5. The molecule has 0 spiro atoms. The minimum Gasteiger partial charge on any atom is -0.385 e. The zero-order chi connectivity index (χ0) is 24.6. The Morgan fingerprint density at radius 3 is 2.16 bits per heavy atom. The molecule has 0 bridgehead atoms. The van der Waals surface area contributed by atoms with Crippen LogP contribution in [0.15, 0.2) is 6.20 Å². The third-order valence-electron chi connectivity index (χ3n) is 7.86. The van der Waals surface area contributed by atoms with Gasteiger partial charge in [-0.15, -0.1) is 5.10 Å². The van der Waals surface area contributed by atoms with Gasteiger partial charge in [0.2, 0.25) is 0 Å². The van der Waals surface area contributed by atoms with Crippen LogP contribution in [0.5, 0.6) is 0 Å². The summed E-state index contributed by atoms with van der Waals surface area (Å²) in [6.45, 7) is 20.4. The van der Waals surface area contributed by atoms with E-state index in [4.69, 9.17) is 9.47 Å². The third-order valence-corrected chi connectivity index (χ3v) is 7.86. The molecule has 0 N–H and O–H groups in total. The van der Waals surface area contributed by atoms with E-state index in [0.29, 0.717) is 6.61 Å². The highest BCUT2D eigenvalue weighted by Crippen LogP contribution is 2.39. The van der Waals surface area contributed by atoms with Crippen molar-refractivity contribution in [1.29, 1.82) is 0 Å². The highest BCUT2D eigenvalue weighted by molar-refractivity contribution is 5.82. The van der Waals surface area contributed by atoms with E-state index in [1.54, 1.807) is 14.0 Å². The SMILES string of the molecule is CCC(C)(CCCOC)OCCC(C)(CC)n1cc(C(C)(C)CC(C)(CC)C(C)=O)nn1. The summed E-state index contributed by atoms with van der Waals surface area (Å²) in [6, 6.07) is 0. The molecule has 0 aliphatic heterocycles. The summed E-state index contributed by atoms with van der Waals surface area (Å²) in [5, 5.41) is 9.08. The lowest BCUT2D eigenvalue weighted by atomic mass is 9.69. The number of Topliss-reactive ketones (excluding diaryl/α,β-unsaturated/α-hetero) is 1. The maximum atomic E-state index is 12.3. The summed E-state index contributed by atoms with van der Waals surface area (Å²) in [5.74, 6) is 0.237. The molecule has 1 rings (SSSR count). The molecule has 32 heavy (non-hydrogen) atoms. The van der Waals surface area contributed by atoms with Crippen molar-refractivity contribution in [2.24, 2.45) is 5.41 Å². The van der Waals surface area contributed by atoms with Gasteiger partial charge in [0.25, 0.3) is 0 Å². The van der Waals surface area contributed by atoms with Crippen LogP contribution >= 0.6 is 0 Å². The van der Waals surface area contributed by atoms with Crippen molar-refractivity contribution in [3.8, 4) is 0 Å². The van der Waals surface area contributed by atoms with E-state index in [1.807, 2.05) is 4.68 Å². The summed E-state index contributed by atoms with van der Waals surface area (Å²) < 4.78 is 13.6. The first-order valence-electron chi connectivity index (χ1n) is 12.4. The fourth-order valence-corrected chi connectivity index (χ4v) is 4.31. The van der Waals surface area contributed by atoms with Crippen LogP contribution in [0.25, 0.3) is 0 Å². The van der Waals surface area contributed by atoms with E-state index in [1.165, 1.54) is 0 Å². The topological polar surface area (TPSA) is 66.2 Å². The number of carbonyl (C=O) groups is 1. The number of carbonyl (C=O) groups excluding carboxylic acids is 1. The van der Waals surface area contributed by atoms with E-state index in [2.05, 4.69) is 71.9 Å². The zero-order valence-electron chi connectivity index (χ0n) is 22.5. The lowest BCUT2D eigenvalue weighted by Crippen LogP contribution is -2.35. The van der Waals surface area contributed by atoms with Crippen LogP contribution in [-0.4, -0.2) is 46.7 Å². The van der Waals surface area contributed by atoms with Crippen LogP contribution in [0.1, 0.15) is 113 Å². The minimum absolute atomic E-state index is 0.125. The molecule has 0 aliphatic carbocycles. The lowest BCUT2D eigenvalue weighted by Gasteiger charge is -2.34. The number of nitrogens with zero attached hydrogens (tertiary/aromatic N) is 3. The Bertz CT molecular complexity index is 717. The first-order chi connectivity index (χ1) is 14.8. The summed E-state index contributed by atoms with van der Waals surface area (Å²) >= 11 is 0. The second kappa shape index (κ2) is 11.7. The van der Waals surface area contributed by atoms with E-state index in [-0.39, 0.29) is 27.8 Å². The van der Waals surface area contributed by atoms with Crippen LogP contribution in [-0.2, 0) is 25.2 Å². The largest absolute Gasteiger partial charge is 0.385 e. The second-order valence-electron chi connectivity index (χ2n) is 10.9. The Balaban J connectivity index is 2.91. The fraction of sp³-hybridized carbons (Fsp3) is 0.885. The van der Waals surface area contributed by atoms with Gasteiger partial charge in [0.05, 0.1) is 16.8 Å². The Labute approximate surface area is 196 Å². The first-order valence-corrected chi connectivity index (χ1v) is 12.4. The van der Waals surface area contributed by atoms with Crippen LogP contribution < -0.4 is 0 Å². The molecule has 6 heteroatoms. The Kier molecular flexibility index (Phi) is 10.5. The van der Waals surface area contributed by atoms with Crippen molar-refractivity contribution in [3.63, 3.8) is 0 Å². The van der Waals surface area contributed by atoms with Gasteiger partial charge in [0.15, 0.2) is 0 Å². The smallest absolute Gasteiger partial charge is 0.135 e. The molecule has 1 aromatic heterocycles. The number of ether oxygens (including phenoxy) is 2. The van der Waals surface area contributed by atoms with Gasteiger partial charge in [-0.2, -0.15) is 0 Å². The number of hydrogen-bond donors (Lipinski definition) is 0. The highest BCUT2D eigenvalue weighted by Gasteiger charge is 2.38. The van der Waals surface area contributed by atoms with Crippen molar-refractivity contribution in [3.05, 3.63) is 11.9 Å². The van der Waals surface area contributed by atoms with Crippen LogP contribution in [0.4, 0.5) is 0 Å². The molecule has 0 fully saturated rings. The van der Waals surface area contributed by atoms with E-state index < -0.39 is 0 Å². The van der Waals surface area contributed by atoms with Gasteiger partial charge in [-0.1, -0.05) is 46.8 Å². The number of rotatable bonds is 16. The molecule has 186 valence electrons. The molecule has 0 aliphatic rings. The standard InChI is InChI=1S/C26H49N3O3/c1-11-24(7,21(4)30)20-23(5,6)22-19-29(28-27-22)25(8,12-2)16-18-32-26(9,13-3)15-14-17-31-10/h19H,11-18,20H2,1-10H3. The molecule has 0 aromatic carbocycles. The molecule has 0 amide bonds. The summed E-state index contributed by atoms with van der Waals surface area (Å²) in [4.78, 5) is 12.3. The molecular weight excluding hydrogens is 402 g/mol. The zero-order valence-corrected chi connectivity index (χ0v) is 22.5. The Morgan fingerprint density at radius 1 is 1.00 bits per heavy atom.